The van der Waals surface area contributed by atoms with E-state index in [0.717, 1.165) is 5.56 Å². The van der Waals surface area contributed by atoms with Crippen molar-refractivity contribution in [2.75, 3.05) is 5.32 Å². The molecule has 4 N–H and O–H groups in total. The Hall–Kier alpha value is -2.04. The zero-order chi connectivity index (χ0) is 13.0. The van der Waals surface area contributed by atoms with Crippen molar-refractivity contribution in [3.8, 4) is 0 Å². The lowest BCUT2D eigenvalue weighted by molar-refractivity contribution is -0.137. The third-order valence-electron chi connectivity index (χ3n) is 2.32. The highest BCUT2D eigenvalue weighted by atomic mass is 16.4. The number of carboxylic acids is 1. The average Bonchev–Trinajstić information content (AvgIpc) is 2.15. The topological polar surface area (TPSA) is 92.4 Å². The number of nitrogens with one attached hydrogen (secondary N) is 1. The van der Waals surface area contributed by atoms with E-state index < -0.39 is 11.9 Å². The van der Waals surface area contributed by atoms with Crippen LogP contribution in [0.5, 0.6) is 0 Å². The number of carboxylic acid groups (broad SMARTS) is 1. The summed E-state index contributed by atoms with van der Waals surface area (Å²) in [4.78, 5) is 21.8. The van der Waals surface area contributed by atoms with Crippen LogP contribution in [0.4, 0.5) is 5.69 Å². The fourth-order valence-electron chi connectivity index (χ4n) is 1.57. The molecule has 1 aromatic carbocycles. The van der Waals surface area contributed by atoms with Crippen molar-refractivity contribution in [3.05, 3.63) is 29.3 Å². The van der Waals surface area contributed by atoms with E-state index in [1.54, 1.807) is 25.1 Å². The number of primary amides is 1. The number of benzene rings is 1. The van der Waals surface area contributed by atoms with Gasteiger partial charge in [-0.1, -0.05) is 6.07 Å². The Kier molecular flexibility index (Phi) is 4.09. The summed E-state index contributed by atoms with van der Waals surface area (Å²) < 4.78 is 0. The Bertz CT molecular complexity index is 443. The van der Waals surface area contributed by atoms with Crippen LogP contribution in [0.1, 0.15) is 29.3 Å². The fourth-order valence-corrected chi connectivity index (χ4v) is 1.57. The minimum absolute atomic E-state index is 0.0217. The molecule has 1 atom stereocenters. The molecule has 17 heavy (non-hydrogen) atoms. The summed E-state index contributed by atoms with van der Waals surface area (Å²) in [7, 11) is 0. The molecule has 1 amide bonds. The lowest BCUT2D eigenvalue weighted by atomic mass is 10.1. The maximum atomic E-state index is 11.2. The first-order valence-corrected chi connectivity index (χ1v) is 5.29. The summed E-state index contributed by atoms with van der Waals surface area (Å²) in [6, 6.07) is 4.92. The number of carbonyl (C=O) groups is 2. The molecule has 0 aliphatic rings. The Labute approximate surface area is 99.6 Å². The van der Waals surface area contributed by atoms with Gasteiger partial charge in [0.15, 0.2) is 0 Å². The molecule has 0 fully saturated rings. The second-order valence-electron chi connectivity index (χ2n) is 4.06. The van der Waals surface area contributed by atoms with Crippen LogP contribution in [0.2, 0.25) is 0 Å². The summed E-state index contributed by atoms with van der Waals surface area (Å²) >= 11 is 0. The van der Waals surface area contributed by atoms with Crippen LogP contribution in [-0.2, 0) is 4.79 Å². The van der Waals surface area contributed by atoms with Crippen LogP contribution in [0.15, 0.2) is 18.2 Å². The van der Waals surface area contributed by atoms with Gasteiger partial charge >= 0.3 is 5.97 Å². The second-order valence-corrected chi connectivity index (χ2v) is 4.06. The van der Waals surface area contributed by atoms with E-state index in [0.29, 0.717) is 11.3 Å². The minimum Gasteiger partial charge on any atom is -0.481 e. The first-order valence-electron chi connectivity index (χ1n) is 5.29. The van der Waals surface area contributed by atoms with Crippen LogP contribution >= 0.6 is 0 Å². The Morgan fingerprint density at radius 2 is 2.12 bits per heavy atom. The zero-order valence-corrected chi connectivity index (χ0v) is 9.86. The molecule has 1 rings (SSSR count). The predicted molar refractivity (Wildman–Crippen MR) is 65.0 cm³/mol. The van der Waals surface area contributed by atoms with Gasteiger partial charge in [0.1, 0.15) is 0 Å². The summed E-state index contributed by atoms with van der Waals surface area (Å²) in [6.07, 6.45) is -0.0217. The molecule has 0 radical (unpaired) electrons. The summed E-state index contributed by atoms with van der Waals surface area (Å²) in [5, 5.41) is 11.6. The molecular weight excluding hydrogens is 220 g/mol. The van der Waals surface area contributed by atoms with Gasteiger partial charge in [0.05, 0.1) is 12.0 Å². The van der Waals surface area contributed by atoms with Crippen LogP contribution in [0, 0.1) is 6.92 Å². The molecule has 0 saturated heterocycles. The van der Waals surface area contributed by atoms with Crippen molar-refractivity contribution >= 4 is 17.6 Å². The molecule has 5 nitrogen and oxygen atoms in total. The highest BCUT2D eigenvalue weighted by Crippen LogP contribution is 2.18. The maximum Gasteiger partial charge on any atom is 0.305 e. The Morgan fingerprint density at radius 3 is 2.65 bits per heavy atom. The molecule has 0 aliphatic heterocycles. The maximum absolute atomic E-state index is 11.2. The number of amides is 1. The van der Waals surface area contributed by atoms with Crippen molar-refractivity contribution in [2.45, 2.75) is 26.3 Å². The molecule has 0 bridgehead atoms. The quantitative estimate of drug-likeness (QED) is 0.719. The summed E-state index contributed by atoms with van der Waals surface area (Å²) in [6.45, 7) is 3.62. The SMILES string of the molecule is Cc1ccc(C(N)=O)c(NC(C)CC(=O)O)c1. The Balaban J connectivity index is 2.92. The second kappa shape index (κ2) is 5.34. The molecular formula is C12H16N2O3. The predicted octanol–water partition coefficient (Wildman–Crippen LogP) is 1.37. The largest absolute Gasteiger partial charge is 0.481 e. The van der Waals surface area contributed by atoms with Gasteiger partial charge in [-0.2, -0.15) is 0 Å². The Morgan fingerprint density at radius 1 is 1.47 bits per heavy atom. The van der Waals surface area contributed by atoms with Gasteiger partial charge in [0.2, 0.25) is 0 Å². The van der Waals surface area contributed by atoms with E-state index >= 15 is 0 Å². The van der Waals surface area contributed by atoms with Gasteiger partial charge in [-0.25, -0.2) is 0 Å². The van der Waals surface area contributed by atoms with E-state index in [4.69, 9.17) is 10.8 Å². The number of nitrogens with two attached hydrogens (primary N) is 1. The number of anilines is 1. The summed E-state index contributed by atoms with van der Waals surface area (Å²) in [5.74, 6) is -1.42. The number of carbonyl (C=O) groups excluding carboxylic acids is 1. The van der Waals surface area contributed by atoms with Crippen LogP contribution in [-0.4, -0.2) is 23.0 Å². The highest BCUT2D eigenvalue weighted by molar-refractivity contribution is 5.98. The van der Waals surface area contributed by atoms with Gasteiger partial charge in [-0.3, -0.25) is 9.59 Å². The van der Waals surface area contributed by atoms with Gasteiger partial charge in [-0.05, 0) is 31.5 Å². The number of hydrogen-bond donors (Lipinski definition) is 3. The molecule has 1 aromatic rings. The van der Waals surface area contributed by atoms with Crippen molar-refractivity contribution in [3.63, 3.8) is 0 Å². The number of rotatable bonds is 5. The normalized spacial score (nSPS) is 11.9. The standard InChI is InChI=1S/C12H16N2O3/c1-7-3-4-9(12(13)17)10(5-7)14-8(2)6-11(15)16/h3-5,8,14H,6H2,1-2H3,(H2,13,17)(H,15,16). The molecule has 0 aliphatic carbocycles. The van der Waals surface area contributed by atoms with Gasteiger partial charge < -0.3 is 16.2 Å². The third kappa shape index (κ3) is 3.79. The smallest absolute Gasteiger partial charge is 0.305 e. The molecule has 1 unspecified atom stereocenters. The molecule has 92 valence electrons. The van der Waals surface area contributed by atoms with Gasteiger partial charge in [-0.15, -0.1) is 0 Å². The van der Waals surface area contributed by atoms with E-state index in [9.17, 15) is 9.59 Å². The zero-order valence-electron chi connectivity index (χ0n) is 9.86. The summed E-state index contributed by atoms with van der Waals surface area (Å²) in [5.41, 5.74) is 7.16. The molecule has 0 spiro atoms. The molecule has 5 heteroatoms. The molecule has 0 aromatic heterocycles. The third-order valence-corrected chi connectivity index (χ3v) is 2.32. The van der Waals surface area contributed by atoms with Gasteiger partial charge in [0.25, 0.3) is 5.91 Å². The molecule has 0 heterocycles. The van der Waals surface area contributed by atoms with Crippen molar-refractivity contribution in [1.29, 1.82) is 0 Å². The highest BCUT2D eigenvalue weighted by Gasteiger charge is 2.12. The number of hydrogen-bond acceptors (Lipinski definition) is 3. The van der Waals surface area contributed by atoms with Gasteiger partial charge in [0, 0.05) is 11.7 Å². The first-order chi connectivity index (χ1) is 7.90. The van der Waals surface area contributed by atoms with Crippen LogP contribution in [0.25, 0.3) is 0 Å². The fraction of sp³-hybridized carbons (Fsp3) is 0.333. The lowest BCUT2D eigenvalue weighted by Gasteiger charge is -2.16. The van der Waals surface area contributed by atoms with Crippen LogP contribution in [0.3, 0.4) is 0 Å². The van der Waals surface area contributed by atoms with E-state index in [1.807, 2.05) is 6.92 Å². The first kappa shape index (κ1) is 13.0. The average molecular weight is 236 g/mol. The van der Waals surface area contributed by atoms with E-state index in [-0.39, 0.29) is 12.5 Å². The van der Waals surface area contributed by atoms with Crippen molar-refractivity contribution < 1.29 is 14.7 Å². The van der Waals surface area contributed by atoms with Crippen molar-refractivity contribution in [2.24, 2.45) is 5.73 Å². The van der Waals surface area contributed by atoms with Crippen LogP contribution < -0.4 is 11.1 Å². The number of aliphatic carboxylic acids is 1. The lowest BCUT2D eigenvalue weighted by Crippen LogP contribution is -2.22. The monoisotopic (exact) mass is 236 g/mol. The minimum atomic E-state index is -0.890. The van der Waals surface area contributed by atoms with E-state index in [1.165, 1.54) is 0 Å². The molecule has 0 saturated carbocycles. The van der Waals surface area contributed by atoms with E-state index in [2.05, 4.69) is 5.32 Å². The van der Waals surface area contributed by atoms with Crippen molar-refractivity contribution in [1.82, 2.24) is 0 Å². The number of aryl methyl sites for hydroxylation is 1.